The van der Waals surface area contributed by atoms with Gasteiger partial charge < -0.3 is 36.8 Å². The van der Waals surface area contributed by atoms with Gasteiger partial charge in [-0.15, -0.1) is 0 Å². The number of nitrogens with one attached hydrogen (secondary N) is 2. The van der Waals surface area contributed by atoms with Crippen LogP contribution in [0.1, 0.15) is 24.0 Å². The highest BCUT2D eigenvalue weighted by Crippen LogP contribution is 2.53. The number of primary amides is 1. The Balaban J connectivity index is 1.87. The first-order valence-electron chi connectivity index (χ1n) is 10.5. The molecule has 0 aromatic heterocycles. The van der Waals surface area contributed by atoms with Crippen LogP contribution < -0.4 is 16.4 Å². The van der Waals surface area contributed by atoms with Crippen molar-refractivity contribution in [1.29, 1.82) is 0 Å². The lowest BCUT2D eigenvalue weighted by molar-refractivity contribution is -0.173. The van der Waals surface area contributed by atoms with Crippen LogP contribution in [0, 0.1) is 17.8 Å². The Morgan fingerprint density at radius 2 is 1.91 bits per heavy atom. The Labute approximate surface area is 188 Å². The largest absolute Gasteiger partial charge is 0.507 e. The molecule has 1 aromatic rings. The first-order valence-corrected chi connectivity index (χ1v) is 10.5. The van der Waals surface area contributed by atoms with Crippen LogP contribution in [0.5, 0.6) is 5.75 Å². The first kappa shape index (κ1) is 22.9. The van der Waals surface area contributed by atoms with Gasteiger partial charge in [0.2, 0.25) is 17.6 Å². The van der Waals surface area contributed by atoms with Crippen LogP contribution >= 0.6 is 0 Å². The number of amides is 2. The zero-order chi connectivity index (χ0) is 24.2. The van der Waals surface area contributed by atoms with E-state index >= 15 is 0 Å². The Morgan fingerprint density at radius 1 is 1.21 bits per heavy atom. The number of Topliss-reactive ketones (excluding diaryl/α,β-unsaturated/α-hetero) is 2. The van der Waals surface area contributed by atoms with Crippen molar-refractivity contribution < 1.29 is 39.6 Å². The summed E-state index contributed by atoms with van der Waals surface area (Å²) >= 11 is 0. The van der Waals surface area contributed by atoms with E-state index in [1.54, 1.807) is 7.05 Å². The molecule has 0 aliphatic heterocycles. The van der Waals surface area contributed by atoms with Crippen LogP contribution in [0.3, 0.4) is 0 Å². The van der Waals surface area contributed by atoms with Gasteiger partial charge in [-0.3, -0.25) is 19.2 Å². The van der Waals surface area contributed by atoms with Gasteiger partial charge in [-0.1, -0.05) is 6.07 Å². The lowest BCUT2D eigenvalue weighted by Crippen LogP contribution is -2.66. The molecule has 2 fully saturated rings. The third-order valence-electron chi connectivity index (χ3n) is 6.87. The molecule has 0 bridgehead atoms. The summed E-state index contributed by atoms with van der Waals surface area (Å²) in [5.74, 6) is -7.97. The molecule has 0 heterocycles. The molecule has 1 aromatic carbocycles. The van der Waals surface area contributed by atoms with Crippen molar-refractivity contribution in [1.82, 2.24) is 5.32 Å². The first-order chi connectivity index (χ1) is 15.5. The number of ketones is 2. The van der Waals surface area contributed by atoms with Crippen LogP contribution in [-0.4, -0.2) is 69.1 Å². The van der Waals surface area contributed by atoms with Crippen molar-refractivity contribution in [3.63, 3.8) is 0 Å². The summed E-state index contributed by atoms with van der Waals surface area (Å²) in [6, 6.07) is 2.95. The molecule has 5 atom stereocenters. The molecule has 5 unspecified atom stereocenters. The van der Waals surface area contributed by atoms with Crippen LogP contribution in [0.25, 0.3) is 5.76 Å². The number of phenolic OH excluding ortho intramolecular Hbond substituents is 1. The number of carbonyl (C=O) groups is 4. The summed E-state index contributed by atoms with van der Waals surface area (Å²) in [6.07, 6.45) is -1.80. The number of aromatic hydroxyl groups is 1. The summed E-state index contributed by atoms with van der Waals surface area (Å²) < 4.78 is 0. The van der Waals surface area contributed by atoms with Crippen molar-refractivity contribution >= 4 is 34.8 Å². The highest BCUT2D eigenvalue weighted by Gasteiger charge is 2.65. The molecule has 2 saturated carbocycles. The number of carbonyl (C=O) groups excluding carboxylic acids is 4. The number of nitrogens with two attached hydrogens (primary N) is 1. The fourth-order valence-electron chi connectivity index (χ4n) is 5.46. The van der Waals surface area contributed by atoms with Gasteiger partial charge in [0.05, 0.1) is 29.8 Å². The molecule has 0 radical (unpaired) electrons. The topological polar surface area (TPSA) is 199 Å². The second kappa shape index (κ2) is 7.94. The fraction of sp³-hybridized carbons (Fsp3) is 0.455. The number of rotatable bonds is 4. The average molecular weight is 459 g/mol. The number of anilines is 1. The van der Waals surface area contributed by atoms with Crippen molar-refractivity contribution in [2.75, 3.05) is 18.9 Å². The molecule has 2 amide bonds. The smallest absolute Gasteiger partial charge is 0.238 e. The monoisotopic (exact) mass is 459 g/mol. The lowest BCUT2D eigenvalue weighted by Gasteiger charge is -2.50. The minimum atomic E-state index is -2.62. The van der Waals surface area contributed by atoms with E-state index in [0.717, 1.165) is 0 Å². The van der Waals surface area contributed by atoms with E-state index < -0.39 is 70.8 Å². The van der Waals surface area contributed by atoms with Gasteiger partial charge in [0.1, 0.15) is 11.5 Å². The summed E-state index contributed by atoms with van der Waals surface area (Å²) in [5, 5.41) is 48.2. The predicted molar refractivity (Wildman–Crippen MR) is 114 cm³/mol. The number of fused-ring (bicyclic) bond motifs is 3. The SMILES string of the molecule is CNCC(=O)Nc1ccc2c(c1O)C(O)=C1C(=O)C3(O)C(=O)CC(O)CC3C(C(N)=O)C1C2. The van der Waals surface area contributed by atoms with E-state index in [4.69, 9.17) is 5.73 Å². The molecule has 4 rings (SSSR count). The van der Waals surface area contributed by atoms with Gasteiger partial charge in [-0.25, -0.2) is 0 Å². The third kappa shape index (κ3) is 3.31. The molecule has 33 heavy (non-hydrogen) atoms. The fourth-order valence-corrected chi connectivity index (χ4v) is 5.46. The molecular formula is C22H25N3O8. The average Bonchev–Trinajstić information content (AvgIpc) is 2.72. The van der Waals surface area contributed by atoms with Crippen molar-refractivity contribution in [3.05, 3.63) is 28.8 Å². The minimum Gasteiger partial charge on any atom is -0.507 e. The van der Waals surface area contributed by atoms with E-state index in [1.807, 2.05) is 0 Å². The number of aliphatic hydroxyl groups is 3. The second-order valence-electron chi connectivity index (χ2n) is 8.79. The number of phenols is 1. The van der Waals surface area contributed by atoms with E-state index in [1.165, 1.54) is 12.1 Å². The Kier molecular flexibility index (Phi) is 5.51. The molecule has 0 spiro atoms. The van der Waals surface area contributed by atoms with Crippen molar-refractivity contribution in [3.8, 4) is 5.75 Å². The molecular weight excluding hydrogens is 434 g/mol. The highest BCUT2D eigenvalue weighted by molar-refractivity contribution is 6.22. The molecule has 11 heteroatoms. The predicted octanol–water partition coefficient (Wildman–Crippen LogP) is -1.25. The zero-order valence-electron chi connectivity index (χ0n) is 17.8. The standard InChI is InChI=1S/C22H25N3O8/c1-24-7-14(28)25-12-3-2-8-4-10-16(21(23)32)11-5-9(26)6-13(27)22(11,33)20(31)17(10)19(30)15(8)18(12)29/h2-3,9-11,16,24,26,29-30,33H,4-7H2,1H3,(H2,23,32)(H,25,28). The van der Waals surface area contributed by atoms with Crippen molar-refractivity contribution in [2.45, 2.75) is 31.0 Å². The van der Waals surface area contributed by atoms with Gasteiger partial charge in [0, 0.05) is 23.8 Å². The van der Waals surface area contributed by atoms with Crippen LogP contribution in [0.15, 0.2) is 17.7 Å². The molecule has 176 valence electrons. The lowest BCUT2D eigenvalue weighted by atomic mass is 9.53. The number of aliphatic hydroxyl groups excluding tert-OH is 2. The maximum atomic E-state index is 13.4. The maximum Gasteiger partial charge on any atom is 0.238 e. The van der Waals surface area contributed by atoms with E-state index in [9.17, 15) is 39.6 Å². The summed E-state index contributed by atoms with van der Waals surface area (Å²) in [4.78, 5) is 50.4. The van der Waals surface area contributed by atoms with Gasteiger partial charge in [0.25, 0.3) is 0 Å². The van der Waals surface area contributed by atoms with E-state index in [2.05, 4.69) is 10.6 Å². The summed E-state index contributed by atoms with van der Waals surface area (Å²) in [6.45, 7) is -0.0349. The Bertz CT molecular complexity index is 1110. The Morgan fingerprint density at radius 3 is 2.55 bits per heavy atom. The van der Waals surface area contributed by atoms with Crippen molar-refractivity contribution in [2.24, 2.45) is 23.5 Å². The zero-order valence-corrected chi connectivity index (χ0v) is 17.8. The number of benzene rings is 1. The van der Waals surface area contributed by atoms with E-state index in [0.29, 0.717) is 5.56 Å². The van der Waals surface area contributed by atoms with Crippen LogP contribution in [-0.2, 0) is 25.6 Å². The third-order valence-corrected chi connectivity index (χ3v) is 6.87. The number of likely N-dealkylation sites (N-methyl/N-ethyl adjacent to an activating group) is 1. The minimum absolute atomic E-state index is 0.00322. The Hall–Kier alpha value is -3.28. The molecule has 3 aliphatic carbocycles. The quantitative estimate of drug-likeness (QED) is 0.212. The molecule has 8 N–H and O–H groups in total. The van der Waals surface area contributed by atoms with Gasteiger partial charge in [0.15, 0.2) is 11.4 Å². The van der Waals surface area contributed by atoms with Gasteiger partial charge in [-0.05, 0) is 31.5 Å². The molecule has 11 nitrogen and oxygen atoms in total. The van der Waals surface area contributed by atoms with Gasteiger partial charge in [-0.2, -0.15) is 0 Å². The van der Waals surface area contributed by atoms with E-state index in [-0.39, 0.29) is 36.2 Å². The highest BCUT2D eigenvalue weighted by atomic mass is 16.3. The van der Waals surface area contributed by atoms with Crippen LogP contribution in [0.2, 0.25) is 0 Å². The molecule has 3 aliphatic rings. The summed E-state index contributed by atoms with van der Waals surface area (Å²) in [5.41, 5.74) is 2.87. The second-order valence-corrected chi connectivity index (χ2v) is 8.79. The van der Waals surface area contributed by atoms with Crippen LogP contribution in [0.4, 0.5) is 5.69 Å². The molecule has 0 saturated heterocycles. The number of hydrogen-bond donors (Lipinski definition) is 7. The maximum absolute atomic E-state index is 13.4. The normalized spacial score (nSPS) is 30.9. The van der Waals surface area contributed by atoms with Gasteiger partial charge >= 0.3 is 0 Å². The summed E-state index contributed by atoms with van der Waals surface area (Å²) in [7, 11) is 1.57. The number of hydrogen-bond acceptors (Lipinski definition) is 9.